The number of hydrazone groups is 1. The van der Waals surface area contributed by atoms with Crippen molar-refractivity contribution in [3.63, 3.8) is 0 Å². The van der Waals surface area contributed by atoms with Gasteiger partial charge in [0.15, 0.2) is 6.61 Å². The normalized spacial score (nSPS) is 11.2. The van der Waals surface area contributed by atoms with Crippen molar-refractivity contribution < 1.29 is 14.6 Å². The molecule has 0 aliphatic carbocycles. The average Bonchev–Trinajstić information content (AvgIpc) is 2.54. The third-order valence-corrected chi connectivity index (χ3v) is 3.42. The molecular formula is C19H22N2O3. The van der Waals surface area contributed by atoms with Crippen LogP contribution in [0.5, 0.6) is 11.5 Å². The van der Waals surface area contributed by atoms with E-state index in [2.05, 4.69) is 10.5 Å². The first kappa shape index (κ1) is 17.5. The summed E-state index contributed by atoms with van der Waals surface area (Å²) >= 11 is 0. The van der Waals surface area contributed by atoms with Crippen LogP contribution in [0, 0.1) is 13.8 Å². The molecule has 0 aliphatic heterocycles. The van der Waals surface area contributed by atoms with E-state index < -0.39 is 0 Å². The first-order valence-corrected chi connectivity index (χ1v) is 7.84. The van der Waals surface area contributed by atoms with Gasteiger partial charge in [0.05, 0.1) is 5.71 Å². The Bertz CT molecular complexity index is 717. The van der Waals surface area contributed by atoms with E-state index in [4.69, 9.17) is 4.74 Å². The molecule has 0 spiro atoms. The number of carbonyl (C=O) groups is 1. The second kappa shape index (κ2) is 8.15. The zero-order chi connectivity index (χ0) is 17.5. The highest BCUT2D eigenvalue weighted by Gasteiger charge is 2.05. The largest absolute Gasteiger partial charge is 0.508 e. The number of aryl methyl sites for hydroxylation is 2. The van der Waals surface area contributed by atoms with Gasteiger partial charge in [-0.05, 0) is 73.4 Å². The van der Waals surface area contributed by atoms with Gasteiger partial charge in [0.25, 0.3) is 5.91 Å². The fourth-order valence-electron chi connectivity index (χ4n) is 2.33. The van der Waals surface area contributed by atoms with E-state index in [9.17, 15) is 9.90 Å². The average molecular weight is 326 g/mol. The molecule has 2 aromatic carbocycles. The number of nitrogens with zero attached hydrogens (tertiary/aromatic N) is 1. The van der Waals surface area contributed by atoms with Gasteiger partial charge in [-0.25, -0.2) is 5.43 Å². The zero-order valence-corrected chi connectivity index (χ0v) is 14.2. The Hall–Kier alpha value is -2.82. The molecule has 126 valence electrons. The van der Waals surface area contributed by atoms with Crippen molar-refractivity contribution in [2.45, 2.75) is 27.2 Å². The van der Waals surface area contributed by atoms with E-state index in [1.54, 1.807) is 24.3 Å². The summed E-state index contributed by atoms with van der Waals surface area (Å²) in [6.07, 6.45) is 0.656. The Morgan fingerprint density at radius 3 is 2.33 bits per heavy atom. The number of hydrogen-bond acceptors (Lipinski definition) is 4. The predicted molar refractivity (Wildman–Crippen MR) is 94.5 cm³/mol. The van der Waals surface area contributed by atoms with E-state index in [1.807, 2.05) is 39.0 Å². The molecule has 0 radical (unpaired) electrons. The van der Waals surface area contributed by atoms with Crippen LogP contribution in [0.25, 0.3) is 0 Å². The van der Waals surface area contributed by atoms with Crippen LogP contribution in [-0.2, 0) is 4.79 Å². The van der Waals surface area contributed by atoms with Crippen molar-refractivity contribution in [1.29, 1.82) is 0 Å². The Balaban J connectivity index is 1.94. The number of phenols is 1. The van der Waals surface area contributed by atoms with Gasteiger partial charge >= 0.3 is 0 Å². The molecule has 0 saturated heterocycles. The smallest absolute Gasteiger partial charge is 0.277 e. The molecule has 1 amide bonds. The fourth-order valence-corrected chi connectivity index (χ4v) is 2.33. The van der Waals surface area contributed by atoms with Crippen LogP contribution in [0.3, 0.4) is 0 Å². The summed E-state index contributed by atoms with van der Waals surface area (Å²) < 4.78 is 5.50. The highest BCUT2D eigenvalue weighted by Crippen LogP contribution is 2.16. The van der Waals surface area contributed by atoms with Gasteiger partial charge in [0.2, 0.25) is 0 Å². The monoisotopic (exact) mass is 326 g/mol. The van der Waals surface area contributed by atoms with Crippen LogP contribution >= 0.6 is 0 Å². The Labute approximate surface area is 142 Å². The van der Waals surface area contributed by atoms with Gasteiger partial charge in [-0.15, -0.1) is 0 Å². The first-order chi connectivity index (χ1) is 11.5. The predicted octanol–water partition coefficient (Wildman–Crippen LogP) is 3.32. The maximum atomic E-state index is 11.9. The van der Waals surface area contributed by atoms with Crippen molar-refractivity contribution >= 4 is 11.6 Å². The minimum absolute atomic E-state index is 0.0982. The third-order valence-electron chi connectivity index (χ3n) is 3.42. The van der Waals surface area contributed by atoms with Gasteiger partial charge in [-0.2, -0.15) is 5.10 Å². The van der Waals surface area contributed by atoms with E-state index in [-0.39, 0.29) is 18.3 Å². The van der Waals surface area contributed by atoms with Gasteiger partial charge in [0.1, 0.15) is 11.5 Å². The van der Waals surface area contributed by atoms with Crippen molar-refractivity contribution in [2.24, 2.45) is 5.10 Å². The SMILES string of the molecule is CC/C(=N\NC(=O)COc1cc(C)cc(C)c1)c1ccc(O)cc1. The van der Waals surface area contributed by atoms with E-state index in [1.165, 1.54) is 0 Å². The van der Waals surface area contributed by atoms with E-state index in [0.29, 0.717) is 12.2 Å². The minimum atomic E-state index is -0.320. The Morgan fingerprint density at radius 2 is 1.75 bits per heavy atom. The number of hydrogen-bond donors (Lipinski definition) is 2. The molecule has 0 saturated carbocycles. The summed E-state index contributed by atoms with van der Waals surface area (Å²) in [5.41, 5.74) is 6.27. The number of carbonyl (C=O) groups excluding carboxylic acids is 1. The maximum Gasteiger partial charge on any atom is 0.277 e. The van der Waals surface area contributed by atoms with Gasteiger partial charge in [-0.3, -0.25) is 4.79 Å². The summed E-state index contributed by atoms with van der Waals surface area (Å²) in [4.78, 5) is 11.9. The first-order valence-electron chi connectivity index (χ1n) is 7.84. The standard InChI is InChI=1S/C19H22N2O3/c1-4-18(15-5-7-16(22)8-6-15)20-21-19(23)12-24-17-10-13(2)9-14(3)11-17/h5-11,22H,4,12H2,1-3H3,(H,21,23)/b20-18+. The number of aromatic hydroxyl groups is 1. The van der Waals surface area contributed by atoms with E-state index >= 15 is 0 Å². The zero-order valence-electron chi connectivity index (χ0n) is 14.2. The van der Waals surface area contributed by atoms with Crippen molar-refractivity contribution in [3.05, 3.63) is 59.2 Å². The van der Waals surface area contributed by atoms with Crippen LogP contribution in [0.4, 0.5) is 0 Å². The van der Waals surface area contributed by atoms with Crippen molar-refractivity contribution in [2.75, 3.05) is 6.61 Å². The summed E-state index contributed by atoms with van der Waals surface area (Å²) in [6, 6.07) is 12.5. The van der Waals surface area contributed by atoms with Crippen molar-refractivity contribution in [3.8, 4) is 11.5 Å². The lowest BCUT2D eigenvalue weighted by molar-refractivity contribution is -0.123. The molecule has 0 atom stereocenters. The molecule has 2 rings (SSSR count). The summed E-state index contributed by atoms with van der Waals surface area (Å²) in [7, 11) is 0. The number of phenolic OH excluding ortho intramolecular Hbond substituents is 1. The van der Waals surface area contributed by atoms with Gasteiger partial charge < -0.3 is 9.84 Å². The fraction of sp³-hybridized carbons (Fsp3) is 0.263. The van der Waals surface area contributed by atoms with Crippen LogP contribution in [0.15, 0.2) is 47.6 Å². The number of amides is 1. The maximum absolute atomic E-state index is 11.9. The quantitative estimate of drug-likeness (QED) is 0.632. The molecule has 2 aromatic rings. The Morgan fingerprint density at radius 1 is 1.12 bits per heavy atom. The molecular weight excluding hydrogens is 304 g/mol. The summed E-state index contributed by atoms with van der Waals surface area (Å²) in [5, 5.41) is 13.5. The van der Waals surface area contributed by atoms with Crippen molar-refractivity contribution in [1.82, 2.24) is 5.43 Å². The summed E-state index contributed by atoms with van der Waals surface area (Å²) in [6.45, 7) is 5.81. The topological polar surface area (TPSA) is 70.9 Å². The molecule has 0 aromatic heterocycles. The molecule has 0 fully saturated rings. The lowest BCUT2D eigenvalue weighted by Crippen LogP contribution is -2.26. The third kappa shape index (κ3) is 5.12. The van der Waals surface area contributed by atoms with E-state index in [0.717, 1.165) is 22.4 Å². The van der Waals surface area contributed by atoms with Crippen LogP contribution in [-0.4, -0.2) is 23.3 Å². The number of benzene rings is 2. The lowest BCUT2D eigenvalue weighted by Gasteiger charge is -2.08. The Kier molecular flexibility index (Phi) is 5.95. The minimum Gasteiger partial charge on any atom is -0.508 e. The molecule has 0 aliphatic rings. The molecule has 2 N–H and O–H groups in total. The molecule has 0 unspecified atom stereocenters. The number of ether oxygens (including phenoxy) is 1. The van der Waals surface area contributed by atoms with Crippen LogP contribution in [0.2, 0.25) is 0 Å². The molecule has 0 bridgehead atoms. The second-order valence-corrected chi connectivity index (χ2v) is 5.61. The highest BCUT2D eigenvalue weighted by molar-refractivity contribution is 6.01. The lowest BCUT2D eigenvalue weighted by atomic mass is 10.1. The molecule has 0 heterocycles. The second-order valence-electron chi connectivity index (χ2n) is 5.61. The van der Waals surface area contributed by atoms with Gasteiger partial charge in [0, 0.05) is 0 Å². The molecule has 5 heteroatoms. The highest BCUT2D eigenvalue weighted by atomic mass is 16.5. The van der Waals surface area contributed by atoms with Crippen LogP contribution in [0.1, 0.15) is 30.0 Å². The van der Waals surface area contributed by atoms with Gasteiger partial charge in [-0.1, -0.05) is 13.0 Å². The number of nitrogens with one attached hydrogen (secondary N) is 1. The molecule has 5 nitrogen and oxygen atoms in total. The summed E-state index contributed by atoms with van der Waals surface area (Å²) in [5.74, 6) is 0.542. The molecule has 24 heavy (non-hydrogen) atoms. The number of rotatable bonds is 6. The van der Waals surface area contributed by atoms with Crippen LogP contribution < -0.4 is 10.2 Å².